The first-order valence-corrected chi connectivity index (χ1v) is 10.2. The number of carbonyl (C=O) groups is 2. The van der Waals surface area contributed by atoms with Gasteiger partial charge in [-0.3, -0.25) is 9.59 Å². The van der Waals surface area contributed by atoms with Crippen LogP contribution in [-0.2, 0) is 4.79 Å². The van der Waals surface area contributed by atoms with Gasteiger partial charge < -0.3 is 24.3 Å². The number of nitrogens with zero attached hydrogens (tertiary/aromatic N) is 1. The van der Waals surface area contributed by atoms with E-state index in [0.29, 0.717) is 39.8 Å². The van der Waals surface area contributed by atoms with Gasteiger partial charge in [-0.25, -0.2) is 5.43 Å². The lowest BCUT2D eigenvalue weighted by Crippen LogP contribution is -2.20. The molecule has 9 nitrogen and oxygen atoms in total. The average Bonchev–Trinajstić information content (AvgIpc) is 2.87. The zero-order valence-electron chi connectivity index (χ0n) is 19.0. The summed E-state index contributed by atoms with van der Waals surface area (Å²) in [5, 5.41) is 6.72. The molecule has 2 N–H and O–H groups in total. The van der Waals surface area contributed by atoms with E-state index in [2.05, 4.69) is 15.8 Å². The van der Waals surface area contributed by atoms with Gasteiger partial charge in [-0.1, -0.05) is 18.2 Å². The van der Waals surface area contributed by atoms with Crippen LogP contribution in [0.1, 0.15) is 15.9 Å². The van der Waals surface area contributed by atoms with Crippen molar-refractivity contribution in [3.8, 4) is 23.0 Å². The summed E-state index contributed by atoms with van der Waals surface area (Å²) in [5.41, 5.74) is 4.17. The van der Waals surface area contributed by atoms with E-state index in [1.54, 1.807) is 48.5 Å². The largest absolute Gasteiger partial charge is 0.493 e. The molecule has 0 spiro atoms. The van der Waals surface area contributed by atoms with Gasteiger partial charge in [-0.2, -0.15) is 5.10 Å². The van der Waals surface area contributed by atoms with Crippen molar-refractivity contribution in [1.29, 1.82) is 0 Å². The summed E-state index contributed by atoms with van der Waals surface area (Å²) in [6, 6.07) is 18.9. The zero-order valence-corrected chi connectivity index (χ0v) is 19.0. The number of hydrogen-bond donors (Lipinski definition) is 2. The standard InChI is InChI=1S/C25H25N3O6/c1-31-21-13-17(14-22(32-2)24(21)33-3)15-26-28-25(30)18-9-11-20(12-10-18)34-16-23(29)27-19-7-5-4-6-8-19/h4-15H,16H2,1-3H3,(H,27,29)(H,28,30). The first-order valence-electron chi connectivity index (χ1n) is 10.2. The van der Waals surface area contributed by atoms with Gasteiger partial charge in [0.1, 0.15) is 5.75 Å². The van der Waals surface area contributed by atoms with Crippen LogP contribution in [0.4, 0.5) is 5.69 Å². The molecule has 3 aromatic carbocycles. The van der Waals surface area contributed by atoms with Gasteiger partial charge in [0.25, 0.3) is 11.8 Å². The minimum absolute atomic E-state index is 0.153. The van der Waals surface area contributed by atoms with Crippen LogP contribution in [-0.4, -0.2) is 46.0 Å². The normalized spacial score (nSPS) is 10.4. The summed E-state index contributed by atoms with van der Waals surface area (Å²) in [6.07, 6.45) is 1.46. The summed E-state index contributed by atoms with van der Waals surface area (Å²) >= 11 is 0. The molecule has 3 aromatic rings. The average molecular weight is 463 g/mol. The molecular formula is C25H25N3O6. The fourth-order valence-electron chi connectivity index (χ4n) is 2.98. The molecule has 0 bridgehead atoms. The van der Waals surface area contributed by atoms with Crippen LogP contribution in [0.15, 0.2) is 71.8 Å². The molecule has 0 saturated carbocycles. The molecule has 0 unspecified atom stereocenters. The van der Waals surface area contributed by atoms with Crippen molar-refractivity contribution in [3.63, 3.8) is 0 Å². The fourth-order valence-corrected chi connectivity index (χ4v) is 2.98. The monoisotopic (exact) mass is 463 g/mol. The maximum absolute atomic E-state index is 12.4. The Bertz CT molecular complexity index is 1120. The topological polar surface area (TPSA) is 107 Å². The van der Waals surface area contributed by atoms with Gasteiger partial charge in [0, 0.05) is 16.8 Å². The summed E-state index contributed by atoms with van der Waals surface area (Å²) in [6.45, 7) is -0.153. The first-order chi connectivity index (χ1) is 16.5. The van der Waals surface area contributed by atoms with Crippen LogP contribution in [0.3, 0.4) is 0 Å². The molecule has 0 aliphatic carbocycles. The maximum Gasteiger partial charge on any atom is 0.271 e. The van der Waals surface area contributed by atoms with Crippen LogP contribution in [0.25, 0.3) is 0 Å². The SMILES string of the molecule is COc1cc(C=NNC(=O)c2ccc(OCC(=O)Nc3ccccc3)cc2)cc(OC)c1OC. The number of anilines is 1. The smallest absolute Gasteiger partial charge is 0.271 e. The van der Waals surface area contributed by atoms with E-state index >= 15 is 0 Å². The molecule has 0 saturated heterocycles. The number of nitrogens with one attached hydrogen (secondary N) is 2. The van der Waals surface area contributed by atoms with E-state index in [-0.39, 0.29) is 12.5 Å². The van der Waals surface area contributed by atoms with Crippen LogP contribution < -0.4 is 29.7 Å². The van der Waals surface area contributed by atoms with Gasteiger partial charge in [-0.05, 0) is 48.5 Å². The summed E-state index contributed by atoms with van der Waals surface area (Å²) in [7, 11) is 4.55. The predicted octanol–water partition coefficient (Wildman–Crippen LogP) is 3.49. The molecule has 3 rings (SSSR count). The summed E-state index contributed by atoms with van der Waals surface area (Å²) < 4.78 is 21.4. The highest BCUT2D eigenvalue weighted by Crippen LogP contribution is 2.37. The predicted molar refractivity (Wildman–Crippen MR) is 128 cm³/mol. The molecule has 0 heterocycles. The third-order valence-electron chi connectivity index (χ3n) is 4.61. The van der Waals surface area contributed by atoms with E-state index in [0.717, 1.165) is 0 Å². The Hall–Kier alpha value is -4.53. The van der Waals surface area contributed by atoms with E-state index in [1.165, 1.54) is 27.5 Å². The number of carbonyl (C=O) groups excluding carboxylic acids is 2. The second-order valence-corrected chi connectivity index (χ2v) is 6.89. The molecule has 0 fully saturated rings. The van der Waals surface area contributed by atoms with Gasteiger partial charge in [0.2, 0.25) is 5.75 Å². The Balaban J connectivity index is 1.53. The first kappa shape index (κ1) is 24.1. The molecule has 0 aliphatic heterocycles. The van der Waals surface area contributed by atoms with Gasteiger partial charge in [-0.15, -0.1) is 0 Å². The highest BCUT2D eigenvalue weighted by molar-refractivity contribution is 5.95. The molecule has 9 heteroatoms. The Morgan fingerprint density at radius 2 is 1.53 bits per heavy atom. The Kier molecular flexibility index (Phi) is 8.45. The number of benzene rings is 3. The van der Waals surface area contributed by atoms with Crippen molar-refractivity contribution in [2.45, 2.75) is 0 Å². The molecular weight excluding hydrogens is 438 g/mol. The lowest BCUT2D eigenvalue weighted by Gasteiger charge is -2.12. The minimum atomic E-state index is -0.405. The quantitative estimate of drug-likeness (QED) is 0.352. The number of methoxy groups -OCH3 is 3. The van der Waals surface area contributed by atoms with E-state index < -0.39 is 5.91 Å². The Morgan fingerprint density at radius 3 is 2.12 bits per heavy atom. The third kappa shape index (κ3) is 6.49. The molecule has 0 atom stereocenters. The second-order valence-electron chi connectivity index (χ2n) is 6.89. The van der Waals surface area contributed by atoms with Crippen molar-refractivity contribution in [3.05, 3.63) is 77.9 Å². The second kappa shape index (κ2) is 11.9. The van der Waals surface area contributed by atoms with E-state index in [4.69, 9.17) is 18.9 Å². The lowest BCUT2D eigenvalue weighted by atomic mass is 10.2. The molecule has 176 valence electrons. The van der Waals surface area contributed by atoms with Crippen molar-refractivity contribution >= 4 is 23.7 Å². The van der Waals surface area contributed by atoms with Crippen molar-refractivity contribution in [2.24, 2.45) is 5.10 Å². The highest BCUT2D eigenvalue weighted by Gasteiger charge is 2.12. The molecule has 0 aliphatic rings. The number of hydrazone groups is 1. The van der Waals surface area contributed by atoms with Crippen LogP contribution >= 0.6 is 0 Å². The molecule has 0 aromatic heterocycles. The Labute approximate surface area is 197 Å². The number of ether oxygens (including phenoxy) is 4. The van der Waals surface area contributed by atoms with Crippen molar-refractivity contribution < 1.29 is 28.5 Å². The maximum atomic E-state index is 12.4. The highest BCUT2D eigenvalue weighted by atomic mass is 16.5. The van der Waals surface area contributed by atoms with Crippen LogP contribution in [0, 0.1) is 0 Å². The summed E-state index contributed by atoms with van der Waals surface area (Å²) in [5.74, 6) is 1.18. The summed E-state index contributed by atoms with van der Waals surface area (Å²) in [4.78, 5) is 24.3. The van der Waals surface area contributed by atoms with Gasteiger partial charge in [0.05, 0.1) is 27.5 Å². The number of rotatable bonds is 10. The Morgan fingerprint density at radius 1 is 0.882 bits per heavy atom. The van der Waals surface area contributed by atoms with Gasteiger partial charge in [0.15, 0.2) is 18.1 Å². The van der Waals surface area contributed by atoms with Crippen molar-refractivity contribution in [2.75, 3.05) is 33.3 Å². The molecule has 2 amide bonds. The van der Waals surface area contributed by atoms with Crippen molar-refractivity contribution in [1.82, 2.24) is 5.43 Å². The number of amides is 2. The van der Waals surface area contributed by atoms with E-state index in [9.17, 15) is 9.59 Å². The molecule has 34 heavy (non-hydrogen) atoms. The fraction of sp³-hybridized carbons (Fsp3) is 0.160. The zero-order chi connectivity index (χ0) is 24.3. The third-order valence-corrected chi connectivity index (χ3v) is 4.61. The number of hydrogen-bond acceptors (Lipinski definition) is 7. The van der Waals surface area contributed by atoms with Gasteiger partial charge >= 0.3 is 0 Å². The van der Waals surface area contributed by atoms with Crippen LogP contribution in [0.5, 0.6) is 23.0 Å². The molecule has 0 radical (unpaired) electrons. The van der Waals surface area contributed by atoms with E-state index in [1.807, 2.05) is 18.2 Å². The number of para-hydroxylation sites is 1. The minimum Gasteiger partial charge on any atom is -0.493 e. The lowest BCUT2D eigenvalue weighted by molar-refractivity contribution is -0.118. The van der Waals surface area contributed by atoms with Crippen LogP contribution in [0.2, 0.25) is 0 Å².